The molecule has 3 aromatic carbocycles. The lowest BCUT2D eigenvalue weighted by atomic mass is 9.72. The van der Waals surface area contributed by atoms with Crippen molar-refractivity contribution in [2.24, 2.45) is 23.7 Å². The first-order valence-electron chi connectivity index (χ1n) is 21.5. The number of hydrogen-bond donors (Lipinski definition) is 0. The quantitative estimate of drug-likeness (QED) is 0.120. The Morgan fingerprint density at radius 3 is 1.47 bits per heavy atom. The lowest BCUT2D eigenvalue weighted by Crippen LogP contribution is -2.56. The fourth-order valence-corrected chi connectivity index (χ4v) is 11.1. The van der Waals surface area contributed by atoms with E-state index >= 15 is 0 Å². The highest BCUT2D eigenvalue weighted by molar-refractivity contribution is 5.91. The van der Waals surface area contributed by atoms with E-state index in [2.05, 4.69) is 72.2 Å². The van der Waals surface area contributed by atoms with E-state index in [-0.39, 0.29) is 24.3 Å². The Bertz CT molecular complexity index is 2280. The van der Waals surface area contributed by atoms with Gasteiger partial charge in [-0.05, 0) is 123 Å². The molecule has 10 atom stereocenters. The third-order valence-corrected chi connectivity index (χ3v) is 14.3. The van der Waals surface area contributed by atoms with Crippen molar-refractivity contribution in [2.75, 3.05) is 40.4 Å². The van der Waals surface area contributed by atoms with Gasteiger partial charge >= 0.3 is 0 Å². The Hall–Kier alpha value is -5.06. The number of methoxy groups -OCH3 is 2. The highest BCUT2D eigenvalue weighted by atomic mass is 16.5. The molecule has 58 heavy (non-hydrogen) atoms. The molecule has 6 fully saturated rings. The lowest BCUT2D eigenvalue weighted by Gasteiger charge is -2.52. The molecule has 6 aromatic rings. The van der Waals surface area contributed by atoms with Crippen LogP contribution in [-0.2, 0) is 0 Å². The molecule has 6 saturated heterocycles. The highest BCUT2D eigenvalue weighted by Gasteiger charge is 2.46. The molecule has 3 aromatic heterocycles. The molecular weight excluding hydrogens is 725 g/mol. The van der Waals surface area contributed by atoms with Gasteiger partial charge < -0.3 is 18.9 Å². The zero-order valence-electron chi connectivity index (χ0n) is 34.1. The summed E-state index contributed by atoms with van der Waals surface area (Å²) in [5, 5.41) is 13.7. The van der Waals surface area contributed by atoms with E-state index < -0.39 is 0 Å². The number of nitrogens with zero attached hydrogens (tertiary/aromatic N) is 6. The maximum absolute atomic E-state index is 7.30. The van der Waals surface area contributed by atoms with Gasteiger partial charge in [0.15, 0.2) is 0 Å². The molecule has 0 aliphatic carbocycles. The summed E-state index contributed by atoms with van der Waals surface area (Å²) in [5.41, 5.74) is 4.01. The molecule has 0 spiro atoms. The second kappa shape index (κ2) is 15.6. The summed E-state index contributed by atoms with van der Waals surface area (Å²) in [6.45, 7) is 9.00. The van der Waals surface area contributed by atoms with Crippen LogP contribution in [0.3, 0.4) is 0 Å². The van der Waals surface area contributed by atoms with Crippen molar-refractivity contribution in [3.63, 3.8) is 0 Å². The van der Waals surface area contributed by atoms with Crippen LogP contribution < -0.4 is 18.9 Å². The predicted octanol–water partition coefficient (Wildman–Crippen LogP) is 9.22. The first-order chi connectivity index (χ1) is 28.5. The van der Waals surface area contributed by atoms with Gasteiger partial charge in [0, 0.05) is 47.4 Å². The summed E-state index contributed by atoms with van der Waals surface area (Å²) in [4.78, 5) is 14.8. The molecule has 4 bridgehead atoms. The Kier molecular flexibility index (Phi) is 10.0. The standard InChI is InChI=1S/C48H54N6O4/c1-5-29-27-53-21-17-31(29)23-43(53)45(35-15-19-49-41-13-11-33(55-3)25-39(35)41)57-47-37-9-7-8-10-38(37)48(52-51-47)58-46(44-24-32-18-22-54(44)28-30(32)6-2)36-16-20-50-42-14-12-34(56-4)26-40(36)42/h7-16,19-20,25-26,29-32,43-46H,5-6,17-18,21-24,27-28H2,1-4H3/t29-,30?,31-,32?,43-,44-,45+,46+/m0/s1. The largest absolute Gasteiger partial charge is 0.497 e. The van der Waals surface area contributed by atoms with Crippen LogP contribution in [0.2, 0.25) is 0 Å². The smallest absolute Gasteiger partial charge is 0.242 e. The van der Waals surface area contributed by atoms with Crippen LogP contribution in [0, 0.1) is 23.7 Å². The van der Waals surface area contributed by atoms with Crippen molar-refractivity contribution < 1.29 is 18.9 Å². The van der Waals surface area contributed by atoms with Crippen LogP contribution in [0.4, 0.5) is 0 Å². The lowest BCUT2D eigenvalue weighted by molar-refractivity contribution is -0.0505. The summed E-state index contributed by atoms with van der Waals surface area (Å²) in [6.07, 6.45) is 10.2. The van der Waals surface area contributed by atoms with Crippen LogP contribution in [0.5, 0.6) is 23.3 Å². The van der Waals surface area contributed by atoms with Gasteiger partial charge in [-0.2, -0.15) is 0 Å². The maximum atomic E-state index is 7.30. The molecule has 0 saturated carbocycles. The van der Waals surface area contributed by atoms with Gasteiger partial charge in [-0.25, -0.2) is 0 Å². The molecule has 4 unspecified atom stereocenters. The minimum absolute atomic E-state index is 0.180. The number of aromatic nitrogens is 4. The number of piperidine rings is 6. The zero-order chi connectivity index (χ0) is 39.3. The van der Waals surface area contributed by atoms with Crippen LogP contribution in [0.15, 0.2) is 85.2 Å². The van der Waals surface area contributed by atoms with Gasteiger partial charge in [0.05, 0.1) is 48.1 Å². The Labute approximate surface area is 340 Å². The molecule has 6 aliphatic rings. The minimum Gasteiger partial charge on any atom is -0.497 e. The number of rotatable bonds is 12. The Morgan fingerprint density at radius 1 is 0.603 bits per heavy atom. The number of ether oxygens (including phenoxy) is 4. The number of fused-ring (bicyclic) bond motifs is 9. The number of pyridine rings is 2. The van der Waals surface area contributed by atoms with Gasteiger partial charge in [-0.15, -0.1) is 10.2 Å². The van der Waals surface area contributed by atoms with Crippen molar-refractivity contribution in [2.45, 2.75) is 76.7 Å². The first-order valence-corrected chi connectivity index (χ1v) is 21.5. The Morgan fingerprint density at radius 2 is 1.07 bits per heavy atom. The van der Waals surface area contributed by atoms with E-state index in [0.717, 1.165) is 94.2 Å². The topological polar surface area (TPSA) is 95.0 Å². The maximum Gasteiger partial charge on any atom is 0.242 e. The van der Waals surface area contributed by atoms with Crippen LogP contribution in [0.25, 0.3) is 32.6 Å². The van der Waals surface area contributed by atoms with Gasteiger partial charge in [-0.3, -0.25) is 19.8 Å². The zero-order valence-corrected chi connectivity index (χ0v) is 34.1. The molecule has 10 nitrogen and oxygen atoms in total. The summed E-state index contributed by atoms with van der Waals surface area (Å²) < 4.78 is 26.0. The van der Waals surface area contributed by atoms with Crippen LogP contribution >= 0.6 is 0 Å². The molecule has 0 N–H and O–H groups in total. The first kappa shape index (κ1) is 37.2. The van der Waals surface area contributed by atoms with Gasteiger partial charge in [0.25, 0.3) is 0 Å². The van der Waals surface area contributed by atoms with Crippen molar-refractivity contribution in [3.05, 3.63) is 96.3 Å². The van der Waals surface area contributed by atoms with Gasteiger partial charge in [0.1, 0.15) is 23.7 Å². The molecule has 12 rings (SSSR count). The summed E-state index contributed by atoms with van der Waals surface area (Å²) >= 11 is 0. The SMILES string of the molecule is CCC1CN2CCC1C[C@H]2[C@H](Oc1nnc(O[C@H](c2ccnc3ccc(OC)cc23)[C@@H]2C[C@@H]3CCN2C[C@@H]3CC)c2ccccc12)c1ccnc2ccc(OC)cc12. The van der Waals surface area contributed by atoms with Gasteiger partial charge in [-0.1, -0.05) is 38.8 Å². The average Bonchev–Trinajstić information content (AvgIpc) is 3.29. The monoisotopic (exact) mass is 778 g/mol. The summed E-state index contributed by atoms with van der Waals surface area (Å²) in [7, 11) is 3.42. The van der Waals surface area contributed by atoms with Crippen molar-refractivity contribution >= 4 is 32.6 Å². The number of hydrogen-bond acceptors (Lipinski definition) is 10. The third kappa shape index (κ3) is 6.58. The summed E-state index contributed by atoms with van der Waals surface area (Å²) in [5.74, 6) is 5.39. The van der Waals surface area contributed by atoms with Crippen molar-refractivity contribution in [1.29, 1.82) is 0 Å². The fourth-order valence-electron chi connectivity index (χ4n) is 11.1. The molecule has 0 radical (unpaired) electrons. The highest BCUT2D eigenvalue weighted by Crippen LogP contribution is 2.47. The van der Waals surface area contributed by atoms with E-state index in [9.17, 15) is 0 Å². The average molecular weight is 779 g/mol. The van der Waals surface area contributed by atoms with E-state index in [4.69, 9.17) is 39.1 Å². The molecule has 10 heteroatoms. The second-order valence-corrected chi connectivity index (χ2v) is 17.0. The predicted molar refractivity (Wildman–Crippen MR) is 227 cm³/mol. The third-order valence-electron chi connectivity index (χ3n) is 14.3. The van der Waals surface area contributed by atoms with Gasteiger partial charge in [0.2, 0.25) is 11.8 Å². The Balaban J connectivity index is 1.06. The molecule has 300 valence electrons. The van der Waals surface area contributed by atoms with Crippen molar-refractivity contribution in [3.8, 4) is 23.3 Å². The summed E-state index contributed by atoms with van der Waals surface area (Å²) in [6, 6.07) is 25.1. The minimum atomic E-state index is -0.300. The van der Waals surface area contributed by atoms with E-state index in [1.165, 1.54) is 25.7 Å². The molecule has 6 aliphatic heterocycles. The van der Waals surface area contributed by atoms with Crippen molar-refractivity contribution in [1.82, 2.24) is 30.0 Å². The van der Waals surface area contributed by atoms with Crippen LogP contribution in [-0.4, -0.2) is 82.4 Å². The molecular formula is C48H54N6O4. The molecule has 0 amide bonds. The van der Waals surface area contributed by atoms with E-state index in [1.54, 1.807) is 14.2 Å². The second-order valence-electron chi connectivity index (χ2n) is 17.0. The van der Waals surface area contributed by atoms with E-state index in [0.29, 0.717) is 35.4 Å². The fraction of sp³-hybridized carbons (Fsp3) is 0.458. The normalized spacial score (nSPS) is 27.4. The van der Waals surface area contributed by atoms with Crippen LogP contribution in [0.1, 0.15) is 75.7 Å². The van der Waals surface area contributed by atoms with E-state index in [1.807, 2.05) is 36.7 Å². The molecule has 9 heterocycles. The number of benzene rings is 3.